The summed E-state index contributed by atoms with van der Waals surface area (Å²) in [4.78, 5) is 4.10. The van der Waals surface area contributed by atoms with Gasteiger partial charge in [0.05, 0.1) is 6.61 Å². The van der Waals surface area contributed by atoms with E-state index in [0.29, 0.717) is 11.2 Å². The van der Waals surface area contributed by atoms with Crippen LogP contribution in [0.5, 0.6) is 0 Å². The summed E-state index contributed by atoms with van der Waals surface area (Å²) < 4.78 is 6.66. The lowest BCUT2D eigenvalue weighted by Crippen LogP contribution is -2.33. The van der Waals surface area contributed by atoms with Gasteiger partial charge >= 0.3 is 0 Å². The van der Waals surface area contributed by atoms with Crippen LogP contribution in [0, 0.1) is 0 Å². The zero-order valence-corrected chi connectivity index (χ0v) is 9.29. The van der Waals surface area contributed by atoms with E-state index in [1.54, 1.807) is 18.3 Å². The molecule has 3 heterocycles. The third-order valence-electron chi connectivity index (χ3n) is 2.99. The number of hydrogen-bond acceptors (Lipinski definition) is 7. The lowest BCUT2D eigenvalue weighted by molar-refractivity contribution is -0.0574. The SMILES string of the molecule is OC[C@H]1O[C@@H](n2nnc3cccnc32)[C@H](O)[C@@H]1O. The van der Waals surface area contributed by atoms with Gasteiger partial charge in [-0.05, 0) is 12.1 Å². The highest BCUT2D eigenvalue weighted by atomic mass is 16.6. The highest BCUT2D eigenvalue weighted by Gasteiger charge is 2.44. The Balaban J connectivity index is 2.00. The first kappa shape index (κ1) is 11.5. The molecule has 0 radical (unpaired) electrons. The fourth-order valence-electron chi connectivity index (χ4n) is 2.04. The zero-order valence-electron chi connectivity index (χ0n) is 9.29. The molecule has 3 rings (SSSR count). The van der Waals surface area contributed by atoms with E-state index < -0.39 is 24.5 Å². The number of aliphatic hydroxyl groups excluding tert-OH is 3. The molecule has 1 fully saturated rings. The van der Waals surface area contributed by atoms with Crippen LogP contribution in [0.2, 0.25) is 0 Å². The quantitative estimate of drug-likeness (QED) is 0.592. The maximum absolute atomic E-state index is 9.89. The summed E-state index contributed by atoms with van der Waals surface area (Å²) in [5, 5.41) is 36.3. The number of nitrogens with zero attached hydrogens (tertiary/aromatic N) is 4. The molecule has 1 saturated heterocycles. The van der Waals surface area contributed by atoms with Crippen LogP contribution in [0.3, 0.4) is 0 Å². The van der Waals surface area contributed by atoms with Crippen molar-refractivity contribution in [2.75, 3.05) is 6.61 Å². The van der Waals surface area contributed by atoms with E-state index >= 15 is 0 Å². The predicted octanol–water partition coefficient (Wildman–Crippen LogP) is -1.56. The van der Waals surface area contributed by atoms with Crippen molar-refractivity contribution in [1.82, 2.24) is 20.0 Å². The van der Waals surface area contributed by atoms with Crippen molar-refractivity contribution >= 4 is 11.2 Å². The molecule has 4 atom stereocenters. The number of aliphatic hydroxyl groups is 3. The molecule has 2 aromatic rings. The Kier molecular flexibility index (Phi) is 2.71. The minimum Gasteiger partial charge on any atom is -0.394 e. The van der Waals surface area contributed by atoms with Crippen molar-refractivity contribution in [3.8, 4) is 0 Å². The second-order valence-corrected chi connectivity index (χ2v) is 4.11. The van der Waals surface area contributed by atoms with E-state index in [9.17, 15) is 10.2 Å². The summed E-state index contributed by atoms with van der Waals surface area (Å²) >= 11 is 0. The highest BCUT2D eigenvalue weighted by molar-refractivity contribution is 5.68. The number of hydrogen-bond donors (Lipinski definition) is 3. The second kappa shape index (κ2) is 4.25. The normalized spacial score (nSPS) is 32.2. The Morgan fingerprint density at radius 2 is 2.17 bits per heavy atom. The molecule has 18 heavy (non-hydrogen) atoms. The average Bonchev–Trinajstić information content (AvgIpc) is 2.93. The molecule has 8 heteroatoms. The van der Waals surface area contributed by atoms with Crippen LogP contribution in [-0.4, -0.2) is 60.2 Å². The molecule has 0 spiro atoms. The molecule has 2 aromatic heterocycles. The fourth-order valence-corrected chi connectivity index (χ4v) is 2.04. The Morgan fingerprint density at radius 3 is 2.89 bits per heavy atom. The lowest BCUT2D eigenvalue weighted by atomic mass is 10.1. The summed E-state index contributed by atoms with van der Waals surface area (Å²) in [5.74, 6) is 0. The Bertz CT molecular complexity index is 560. The largest absolute Gasteiger partial charge is 0.394 e. The van der Waals surface area contributed by atoms with Crippen LogP contribution >= 0.6 is 0 Å². The molecule has 8 nitrogen and oxygen atoms in total. The zero-order chi connectivity index (χ0) is 12.7. The maximum atomic E-state index is 9.89. The third kappa shape index (κ3) is 1.58. The summed E-state index contributed by atoms with van der Waals surface area (Å²) in [7, 11) is 0. The summed E-state index contributed by atoms with van der Waals surface area (Å²) in [6.45, 7) is -0.380. The average molecular weight is 252 g/mol. The fraction of sp³-hybridized carbons (Fsp3) is 0.500. The van der Waals surface area contributed by atoms with Gasteiger partial charge in [-0.25, -0.2) is 4.98 Å². The van der Waals surface area contributed by atoms with Crippen LogP contribution in [-0.2, 0) is 4.74 Å². The van der Waals surface area contributed by atoms with E-state index in [2.05, 4.69) is 15.3 Å². The molecule has 96 valence electrons. The van der Waals surface area contributed by atoms with E-state index in [0.717, 1.165) is 0 Å². The second-order valence-electron chi connectivity index (χ2n) is 4.11. The van der Waals surface area contributed by atoms with Gasteiger partial charge in [0.15, 0.2) is 11.9 Å². The Labute approximate surface area is 101 Å². The van der Waals surface area contributed by atoms with Gasteiger partial charge < -0.3 is 20.1 Å². The van der Waals surface area contributed by atoms with Crippen molar-refractivity contribution in [2.24, 2.45) is 0 Å². The molecule has 0 aromatic carbocycles. The van der Waals surface area contributed by atoms with Gasteiger partial charge in [-0.3, -0.25) is 0 Å². The number of fused-ring (bicyclic) bond motifs is 1. The first-order valence-corrected chi connectivity index (χ1v) is 5.50. The third-order valence-corrected chi connectivity index (χ3v) is 2.99. The van der Waals surface area contributed by atoms with E-state index in [1.807, 2.05) is 0 Å². The number of pyridine rings is 1. The maximum Gasteiger partial charge on any atom is 0.183 e. The van der Waals surface area contributed by atoms with Crippen molar-refractivity contribution in [2.45, 2.75) is 24.5 Å². The minimum absolute atomic E-state index is 0.380. The van der Waals surface area contributed by atoms with E-state index in [1.165, 1.54) is 4.68 Å². The van der Waals surface area contributed by atoms with Crippen LogP contribution < -0.4 is 0 Å². The molecule has 1 aliphatic heterocycles. The van der Waals surface area contributed by atoms with Gasteiger partial charge in [0.1, 0.15) is 23.8 Å². The smallest absolute Gasteiger partial charge is 0.183 e. The summed E-state index contributed by atoms with van der Waals surface area (Å²) in [6, 6.07) is 3.45. The Morgan fingerprint density at radius 1 is 1.33 bits per heavy atom. The number of rotatable bonds is 2. The van der Waals surface area contributed by atoms with Gasteiger partial charge in [0, 0.05) is 6.20 Å². The summed E-state index contributed by atoms with van der Waals surface area (Å²) in [6.07, 6.45) is -2.52. The molecule has 0 saturated carbocycles. The van der Waals surface area contributed by atoms with E-state index in [-0.39, 0.29) is 6.61 Å². The van der Waals surface area contributed by atoms with Gasteiger partial charge in [0.2, 0.25) is 0 Å². The number of ether oxygens (including phenoxy) is 1. The van der Waals surface area contributed by atoms with Crippen molar-refractivity contribution in [3.05, 3.63) is 18.3 Å². The molecule has 3 N–H and O–H groups in total. The van der Waals surface area contributed by atoms with Crippen LogP contribution in [0.4, 0.5) is 0 Å². The minimum atomic E-state index is -1.19. The molecule has 0 aliphatic carbocycles. The topological polar surface area (TPSA) is 114 Å². The standard InChI is InChI=1S/C10H12N4O4/c15-4-6-7(16)8(17)10(18-6)14-9-5(12-13-14)2-1-3-11-9/h1-3,6-8,10,15-17H,4H2/t6-,7-,8-,10-/m1/s1. The van der Waals surface area contributed by atoms with E-state index in [4.69, 9.17) is 9.84 Å². The predicted molar refractivity (Wildman–Crippen MR) is 58.3 cm³/mol. The first-order chi connectivity index (χ1) is 8.72. The number of aromatic nitrogens is 4. The van der Waals surface area contributed by atoms with Crippen molar-refractivity contribution < 1.29 is 20.1 Å². The monoisotopic (exact) mass is 252 g/mol. The van der Waals surface area contributed by atoms with Gasteiger partial charge in [0.25, 0.3) is 0 Å². The van der Waals surface area contributed by atoms with Gasteiger partial charge in [-0.15, -0.1) is 5.10 Å². The lowest BCUT2D eigenvalue weighted by Gasteiger charge is -2.14. The van der Waals surface area contributed by atoms with Gasteiger partial charge in [-0.1, -0.05) is 5.21 Å². The first-order valence-electron chi connectivity index (χ1n) is 5.50. The van der Waals surface area contributed by atoms with Crippen LogP contribution in [0.1, 0.15) is 6.23 Å². The van der Waals surface area contributed by atoms with Gasteiger partial charge in [-0.2, -0.15) is 4.68 Å². The molecular weight excluding hydrogens is 240 g/mol. The summed E-state index contributed by atoms with van der Waals surface area (Å²) in [5.41, 5.74) is 1.02. The highest BCUT2D eigenvalue weighted by Crippen LogP contribution is 2.30. The molecule has 0 bridgehead atoms. The van der Waals surface area contributed by atoms with Crippen molar-refractivity contribution in [1.29, 1.82) is 0 Å². The molecule has 0 unspecified atom stereocenters. The Hall–Kier alpha value is -1.61. The molecular formula is C10H12N4O4. The molecule has 0 amide bonds. The molecule has 1 aliphatic rings. The van der Waals surface area contributed by atoms with Crippen LogP contribution in [0.25, 0.3) is 11.2 Å². The van der Waals surface area contributed by atoms with Crippen LogP contribution in [0.15, 0.2) is 18.3 Å². The van der Waals surface area contributed by atoms with Crippen molar-refractivity contribution in [3.63, 3.8) is 0 Å².